The number of amides is 1. The number of nitrogens with two attached hydrogens (primary N) is 1. The number of anilines is 1. The van der Waals surface area contributed by atoms with Crippen LogP contribution in [0.3, 0.4) is 0 Å². The number of rotatable bonds is 2. The molecular formula is C10H15N3O. The second kappa shape index (κ2) is 4.19. The summed E-state index contributed by atoms with van der Waals surface area (Å²) in [6.07, 6.45) is 0. The Labute approximate surface area is 83.5 Å². The van der Waals surface area contributed by atoms with Gasteiger partial charge in [0, 0.05) is 5.69 Å². The highest BCUT2D eigenvalue weighted by molar-refractivity contribution is 5.94. The first-order chi connectivity index (χ1) is 6.50. The summed E-state index contributed by atoms with van der Waals surface area (Å²) in [6.45, 7) is 5.40. The molecule has 0 saturated carbocycles. The minimum Gasteiger partial charge on any atom is -0.323 e. The molecule has 0 bridgehead atoms. The van der Waals surface area contributed by atoms with Crippen LogP contribution in [0.25, 0.3) is 0 Å². The van der Waals surface area contributed by atoms with E-state index >= 15 is 0 Å². The third kappa shape index (κ3) is 2.53. The minimum atomic E-state index is -0.504. The number of aromatic nitrogens is 1. The maximum Gasteiger partial charge on any atom is 0.241 e. The molecule has 0 saturated heterocycles. The van der Waals surface area contributed by atoms with E-state index in [1.807, 2.05) is 26.0 Å². The van der Waals surface area contributed by atoms with Crippen molar-refractivity contribution in [2.24, 2.45) is 5.73 Å². The summed E-state index contributed by atoms with van der Waals surface area (Å²) in [7, 11) is 0. The fourth-order valence-electron chi connectivity index (χ4n) is 1.07. The van der Waals surface area contributed by atoms with Crippen LogP contribution >= 0.6 is 0 Å². The van der Waals surface area contributed by atoms with E-state index < -0.39 is 6.04 Å². The predicted molar refractivity (Wildman–Crippen MR) is 56.0 cm³/mol. The highest BCUT2D eigenvalue weighted by Gasteiger charge is 2.09. The summed E-state index contributed by atoms with van der Waals surface area (Å²) >= 11 is 0. The third-order valence-electron chi connectivity index (χ3n) is 1.90. The Hall–Kier alpha value is -1.42. The maximum absolute atomic E-state index is 11.3. The lowest BCUT2D eigenvalue weighted by Gasteiger charge is -2.09. The van der Waals surface area contributed by atoms with Crippen LogP contribution in [0.15, 0.2) is 12.1 Å². The molecule has 4 heteroatoms. The summed E-state index contributed by atoms with van der Waals surface area (Å²) < 4.78 is 0. The zero-order chi connectivity index (χ0) is 10.7. The molecule has 1 atom stereocenters. The number of aryl methyl sites for hydroxylation is 2. The molecule has 1 aromatic heterocycles. The topological polar surface area (TPSA) is 68.0 Å². The van der Waals surface area contributed by atoms with Crippen molar-refractivity contribution >= 4 is 11.6 Å². The standard InChI is InChI=1S/C10H15N3O/c1-6-4-5-9(8(3)12-6)13-10(14)7(2)11/h4-5,7H,11H2,1-3H3,(H,13,14)/t7-/m0/s1. The normalized spacial score (nSPS) is 12.3. The van der Waals surface area contributed by atoms with Crippen molar-refractivity contribution in [2.45, 2.75) is 26.8 Å². The van der Waals surface area contributed by atoms with Gasteiger partial charge in [0.2, 0.25) is 5.91 Å². The SMILES string of the molecule is Cc1ccc(NC(=O)[C@H](C)N)c(C)n1. The van der Waals surface area contributed by atoms with Gasteiger partial charge in [-0.3, -0.25) is 9.78 Å². The van der Waals surface area contributed by atoms with Gasteiger partial charge < -0.3 is 11.1 Å². The predicted octanol–water partition coefficient (Wildman–Crippen LogP) is 0.984. The van der Waals surface area contributed by atoms with Crippen molar-refractivity contribution in [3.05, 3.63) is 23.5 Å². The zero-order valence-electron chi connectivity index (χ0n) is 8.66. The van der Waals surface area contributed by atoms with E-state index in [1.165, 1.54) is 0 Å². The number of pyridine rings is 1. The van der Waals surface area contributed by atoms with Crippen LogP contribution in [0.2, 0.25) is 0 Å². The molecule has 76 valence electrons. The Balaban J connectivity index is 2.82. The Morgan fingerprint density at radius 1 is 1.50 bits per heavy atom. The van der Waals surface area contributed by atoms with Gasteiger partial charge in [-0.2, -0.15) is 0 Å². The molecule has 1 rings (SSSR count). The van der Waals surface area contributed by atoms with Gasteiger partial charge in [-0.25, -0.2) is 0 Å². The number of hydrogen-bond donors (Lipinski definition) is 2. The first-order valence-corrected chi connectivity index (χ1v) is 4.51. The number of nitrogens with one attached hydrogen (secondary N) is 1. The molecule has 0 aromatic carbocycles. The van der Waals surface area contributed by atoms with E-state index in [2.05, 4.69) is 10.3 Å². The average molecular weight is 193 g/mol. The molecule has 0 aliphatic carbocycles. The molecular weight excluding hydrogens is 178 g/mol. The van der Waals surface area contributed by atoms with E-state index in [-0.39, 0.29) is 5.91 Å². The Morgan fingerprint density at radius 2 is 2.14 bits per heavy atom. The van der Waals surface area contributed by atoms with E-state index in [0.29, 0.717) is 0 Å². The summed E-state index contributed by atoms with van der Waals surface area (Å²) in [4.78, 5) is 15.5. The first-order valence-electron chi connectivity index (χ1n) is 4.51. The molecule has 4 nitrogen and oxygen atoms in total. The molecule has 0 radical (unpaired) electrons. The van der Waals surface area contributed by atoms with E-state index in [1.54, 1.807) is 6.92 Å². The van der Waals surface area contributed by atoms with Gasteiger partial charge in [-0.05, 0) is 32.9 Å². The van der Waals surface area contributed by atoms with Gasteiger partial charge in [-0.1, -0.05) is 0 Å². The van der Waals surface area contributed by atoms with Gasteiger partial charge >= 0.3 is 0 Å². The highest BCUT2D eigenvalue weighted by atomic mass is 16.2. The van der Waals surface area contributed by atoms with Crippen LogP contribution < -0.4 is 11.1 Å². The van der Waals surface area contributed by atoms with Crippen molar-refractivity contribution in [1.29, 1.82) is 0 Å². The molecule has 0 aliphatic rings. The quantitative estimate of drug-likeness (QED) is 0.735. The number of hydrogen-bond acceptors (Lipinski definition) is 3. The fraction of sp³-hybridized carbons (Fsp3) is 0.400. The van der Waals surface area contributed by atoms with Crippen molar-refractivity contribution in [2.75, 3.05) is 5.32 Å². The van der Waals surface area contributed by atoms with Gasteiger partial charge in [0.1, 0.15) is 0 Å². The lowest BCUT2D eigenvalue weighted by Crippen LogP contribution is -2.32. The molecule has 1 aromatic rings. The van der Waals surface area contributed by atoms with Crippen LogP contribution in [0.5, 0.6) is 0 Å². The molecule has 0 aliphatic heterocycles. The van der Waals surface area contributed by atoms with Crippen LogP contribution in [0.4, 0.5) is 5.69 Å². The van der Waals surface area contributed by atoms with Crippen LogP contribution in [-0.4, -0.2) is 16.9 Å². The van der Waals surface area contributed by atoms with Crippen molar-refractivity contribution < 1.29 is 4.79 Å². The zero-order valence-corrected chi connectivity index (χ0v) is 8.66. The number of carbonyl (C=O) groups is 1. The largest absolute Gasteiger partial charge is 0.323 e. The molecule has 3 N–H and O–H groups in total. The summed E-state index contributed by atoms with van der Waals surface area (Å²) in [5.41, 5.74) is 7.89. The van der Waals surface area contributed by atoms with Gasteiger partial charge in [-0.15, -0.1) is 0 Å². The summed E-state index contributed by atoms with van der Waals surface area (Å²) in [5.74, 6) is -0.196. The van der Waals surface area contributed by atoms with E-state index in [0.717, 1.165) is 17.1 Å². The molecule has 0 unspecified atom stereocenters. The van der Waals surface area contributed by atoms with E-state index in [9.17, 15) is 4.79 Å². The Kier molecular flexibility index (Phi) is 3.19. The molecule has 1 heterocycles. The van der Waals surface area contributed by atoms with Crippen LogP contribution in [0.1, 0.15) is 18.3 Å². The molecule has 0 fully saturated rings. The monoisotopic (exact) mass is 193 g/mol. The van der Waals surface area contributed by atoms with Gasteiger partial charge in [0.25, 0.3) is 0 Å². The highest BCUT2D eigenvalue weighted by Crippen LogP contribution is 2.12. The lowest BCUT2D eigenvalue weighted by atomic mass is 10.2. The van der Waals surface area contributed by atoms with E-state index in [4.69, 9.17) is 5.73 Å². The lowest BCUT2D eigenvalue weighted by molar-refractivity contribution is -0.117. The number of carbonyl (C=O) groups excluding carboxylic acids is 1. The maximum atomic E-state index is 11.3. The Bertz CT molecular complexity index is 347. The second-order valence-electron chi connectivity index (χ2n) is 3.36. The molecule has 0 spiro atoms. The Morgan fingerprint density at radius 3 is 2.64 bits per heavy atom. The third-order valence-corrected chi connectivity index (χ3v) is 1.90. The smallest absolute Gasteiger partial charge is 0.241 e. The minimum absolute atomic E-state index is 0.196. The first kappa shape index (κ1) is 10.7. The average Bonchev–Trinajstić information content (AvgIpc) is 2.09. The van der Waals surface area contributed by atoms with Crippen molar-refractivity contribution in [3.63, 3.8) is 0 Å². The number of nitrogens with zero attached hydrogens (tertiary/aromatic N) is 1. The van der Waals surface area contributed by atoms with Crippen LogP contribution in [0, 0.1) is 13.8 Å². The van der Waals surface area contributed by atoms with Crippen molar-refractivity contribution in [1.82, 2.24) is 4.98 Å². The van der Waals surface area contributed by atoms with Crippen molar-refractivity contribution in [3.8, 4) is 0 Å². The molecule has 1 amide bonds. The summed E-state index contributed by atoms with van der Waals surface area (Å²) in [6, 6.07) is 3.18. The second-order valence-corrected chi connectivity index (χ2v) is 3.36. The molecule has 14 heavy (non-hydrogen) atoms. The fourth-order valence-corrected chi connectivity index (χ4v) is 1.07. The van der Waals surface area contributed by atoms with Crippen LogP contribution in [-0.2, 0) is 4.79 Å². The van der Waals surface area contributed by atoms with Gasteiger partial charge in [0.15, 0.2) is 0 Å². The van der Waals surface area contributed by atoms with Gasteiger partial charge in [0.05, 0.1) is 17.4 Å². The summed E-state index contributed by atoms with van der Waals surface area (Å²) in [5, 5.41) is 2.71.